The maximum absolute atomic E-state index is 13.3. The lowest BCUT2D eigenvalue weighted by atomic mass is 9.83. The van der Waals surface area contributed by atoms with Crippen LogP contribution >= 0.6 is 0 Å². The number of nitrogens with two attached hydrogens (primary N) is 1. The normalized spacial score (nSPS) is 29.0. The van der Waals surface area contributed by atoms with E-state index in [-0.39, 0.29) is 24.3 Å². The molecule has 1 saturated carbocycles. The molecule has 2 heterocycles. The van der Waals surface area contributed by atoms with Crippen molar-refractivity contribution in [3.05, 3.63) is 29.8 Å². The summed E-state index contributed by atoms with van der Waals surface area (Å²) in [5, 5.41) is 0. The average molecular weight is 399 g/mol. The summed E-state index contributed by atoms with van der Waals surface area (Å²) in [6, 6.07) is 5.21. The molecular weight excluding hydrogens is 374 g/mol. The first-order valence-electron chi connectivity index (χ1n) is 10.0. The maximum atomic E-state index is 13.3. The number of primary amides is 1. The first kappa shape index (κ1) is 19.4. The van der Waals surface area contributed by atoms with E-state index in [1.165, 1.54) is 9.80 Å². The van der Waals surface area contributed by atoms with Gasteiger partial charge in [0, 0.05) is 12.5 Å². The quantitative estimate of drug-likeness (QED) is 0.738. The van der Waals surface area contributed by atoms with Gasteiger partial charge in [0.15, 0.2) is 0 Å². The van der Waals surface area contributed by atoms with Crippen LogP contribution in [0.4, 0.5) is 0 Å². The van der Waals surface area contributed by atoms with Crippen LogP contribution < -0.4 is 10.5 Å². The molecule has 2 N–H and O–H groups in total. The molecule has 4 rings (SSSR count). The summed E-state index contributed by atoms with van der Waals surface area (Å²) in [5.41, 5.74) is 6.38. The van der Waals surface area contributed by atoms with Crippen molar-refractivity contribution >= 4 is 23.6 Å². The monoisotopic (exact) mass is 399 g/mol. The highest BCUT2D eigenvalue weighted by molar-refractivity contribution is 6.10. The summed E-state index contributed by atoms with van der Waals surface area (Å²) in [6.07, 6.45) is 2.44. The fourth-order valence-corrected chi connectivity index (χ4v) is 4.89. The molecule has 0 bridgehead atoms. The second-order valence-electron chi connectivity index (χ2n) is 7.91. The van der Waals surface area contributed by atoms with E-state index in [2.05, 4.69) is 0 Å². The van der Waals surface area contributed by atoms with E-state index >= 15 is 0 Å². The molecule has 0 spiro atoms. The zero-order valence-electron chi connectivity index (χ0n) is 16.5. The maximum Gasteiger partial charge on any atom is 0.241 e. The third kappa shape index (κ3) is 2.81. The van der Waals surface area contributed by atoms with Crippen LogP contribution in [0.5, 0.6) is 5.75 Å². The van der Waals surface area contributed by atoms with E-state index < -0.39 is 35.7 Å². The molecule has 1 aromatic carbocycles. The Balaban J connectivity index is 1.84. The van der Waals surface area contributed by atoms with Gasteiger partial charge >= 0.3 is 0 Å². The number of ether oxygens (including phenoxy) is 1. The molecule has 3 fully saturated rings. The number of rotatable bonds is 5. The van der Waals surface area contributed by atoms with E-state index in [0.717, 1.165) is 19.3 Å². The van der Waals surface area contributed by atoms with Gasteiger partial charge in [0.2, 0.25) is 23.6 Å². The smallest absolute Gasteiger partial charge is 0.241 e. The van der Waals surface area contributed by atoms with Crippen LogP contribution in [0.1, 0.15) is 37.8 Å². The first-order valence-corrected chi connectivity index (χ1v) is 10.0. The molecule has 4 amide bonds. The molecule has 2 saturated heterocycles. The Kier molecular flexibility index (Phi) is 4.80. The number of hydrogen-bond donors (Lipinski definition) is 1. The van der Waals surface area contributed by atoms with Gasteiger partial charge in [-0.3, -0.25) is 24.1 Å². The molecule has 3 aliphatic rings. The highest BCUT2D eigenvalue weighted by Crippen LogP contribution is 2.51. The zero-order chi connectivity index (χ0) is 20.9. The Morgan fingerprint density at radius 3 is 2.21 bits per heavy atom. The van der Waals surface area contributed by atoms with Crippen LogP contribution in [0.25, 0.3) is 0 Å². The number of nitrogens with zero attached hydrogens (tertiary/aromatic N) is 2. The summed E-state index contributed by atoms with van der Waals surface area (Å²) < 4.78 is 5.21. The zero-order valence-corrected chi connectivity index (χ0v) is 16.5. The number of fused-ring (bicyclic) bond motifs is 1. The lowest BCUT2D eigenvalue weighted by Crippen LogP contribution is -2.52. The molecule has 29 heavy (non-hydrogen) atoms. The number of methoxy groups -OCH3 is 1. The van der Waals surface area contributed by atoms with Crippen LogP contribution in [0.15, 0.2) is 24.3 Å². The highest BCUT2D eigenvalue weighted by Gasteiger charge is 2.65. The Morgan fingerprint density at radius 2 is 1.72 bits per heavy atom. The van der Waals surface area contributed by atoms with Gasteiger partial charge in [0.1, 0.15) is 11.8 Å². The number of carbonyl (C=O) groups is 4. The van der Waals surface area contributed by atoms with Crippen molar-refractivity contribution in [1.29, 1.82) is 0 Å². The van der Waals surface area contributed by atoms with Crippen molar-refractivity contribution in [2.45, 2.75) is 38.3 Å². The number of hydrogen-bond acceptors (Lipinski definition) is 5. The lowest BCUT2D eigenvalue weighted by Gasteiger charge is -2.37. The van der Waals surface area contributed by atoms with Gasteiger partial charge in [-0.15, -0.1) is 0 Å². The van der Waals surface area contributed by atoms with Crippen molar-refractivity contribution in [2.24, 2.45) is 23.5 Å². The summed E-state index contributed by atoms with van der Waals surface area (Å²) >= 11 is 0. The van der Waals surface area contributed by atoms with E-state index in [1.807, 2.05) is 0 Å². The van der Waals surface area contributed by atoms with E-state index in [4.69, 9.17) is 10.5 Å². The van der Waals surface area contributed by atoms with Crippen molar-refractivity contribution in [3.63, 3.8) is 0 Å². The number of amides is 4. The van der Waals surface area contributed by atoms with Crippen molar-refractivity contribution < 1.29 is 23.9 Å². The minimum atomic E-state index is -1.12. The molecular formula is C21H25N3O5. The van der Waals surface area contributed by atoms with Gasteiger partial charge in [-0.05, 0) is 37.5 Å². The largest absolute Gasteiger partial charge is 0.497 e. The lowest BCUT2D eigenvalue weighted by molar-refractivity contribution is -0.150. The second-order valence-corrected chi connectivity index (χ2v) is 7.91. The van der Waals surface area contributed by atoms with E-state index in [0.29, 0.717) is 11.3 Å². The first-order chi connectivity index (χ1) is 13.9. The predicted molar refractivity (Wildman–Crippen MR) is 102 cm³/mol. The predicted octanol–water partition coefficient (Wildman–Crippen LogP) is 0.854. The fourth-order valence-electron chi connectivity index (χ4n) is 4.89. The number of carbonyl (C=O) groups excluding carboxylic acids is 4. The average Bonchev–Trinajstić information content (AvgIpc) is 3.14. The van der Waals surface area contributed by atoms with Crippen LogP contribution in [-0.2, 0) is 19.2 Å². The van der Waals surface area contributed by atoms with Gasteiger partial charge in [-0.1, -0.05) is 18.6 Å². The Hall–Kier alpha value is -2.90. The van der Waals surface area contributed by atoms with Crippen molar-refractivity contribution in [3.8, 4) is 5.75 Å². The molecule has 0 aromatic heterocycles. The Labute approximate surface area is 169 Å². The molecule has 4 atom stereocenters. The number of imide groups is 1. The van der Waals surface area contributed by atoms with Crippen LogP contribution in [-0.4, -0.2) is 53.1 Å². The Morgan fingerprint density at radius 1 is 1.10 bits per heavy atom. The van der Waals surface area contributed by atoms with Crippen molar-refractivity contribution in [2.75, 3.05) is 13.7 Å². The Bertz CT molecular complexity index is 864. The third-order valence-electron chi connectivity index (χ3n) is 6.54. The summed E-state index contributed by atoms with van der Waals surface area (Å²) in [6.45, 7) is 1.94. The topological polar surface area (TPSA) is 110 Å². The molecule has 0 radical (unpaired) electrons. The van der Waals surface area contributed by atoms with Crippen molar-refractivity contribution in [1.82, 2.24) is 9.80 Å². The number of benzene rings is 1. The van der Waals surface area contributed by atoms with Crippen LogP contribution in [0.3, 0.4) is 0 Å². The molecule has 154 valence electrons. The van der Waals surface area contributed by atoms with Crippen LogP contribution in [0, 0.1) is 17.8 Å². The molecule has 8 nitrogen and oxygen atoms in total. The molecule has 2 aliphatic heterocycles. The van der Waals surface area contributed by atoms with Gasteiger partial charge in [0.05, 0.1) is 25.0 Å². The van der Waals surface area contributed by atoms with Gasteiger partial charge in [0.25, 0.3) is 0 Å². The minimum absolute atomic E-state index is 0.191. The summed E-state index contributed by atoms with van der Waals surface area (Å²) in [4.78, 5) is 54.4. The molecule has 8 heteroatoms. The SMILES string of the molecule is CCN1C(=O)C2C(C1=O)C(c1ccc(OC)cc1)N(C(=O)C1CCC1)C2C(N)=O. The van der Waals surface area contributed by atoms with E-state index in [1.54, 1.807) is 38.3 Å². The molecule has 1 aromatic rings. The van der Waals surface area contributed by atoms with Gasteiger partial charge in [-0.2, -0.15) is 0 Å². The van der Waals surface area contributed by atoms with Crippen LogP contribution in [0.2, 0.25) is 0 Å². The third-order valence-corrected chi connectivity index (χ3v) is 6.54. The van der Waals surface area contributed by atoms with E-state index in [9.17, 15) is 19.2 Å². The van der Waals surface area contributed by atoms with Gasteiger partial charge < -0.3 is 15.4 Å². The fraction of sp³-hybridized carbons (Fsp3) is 0.524. The number of likely N-dealkylation sites (tertiary alicyclic amines) is 2. The highest BCUT2D eigenvalue weighted by atomic mass is 16.5. The molecule has 1 aliphatic carbocycles. The minimum Gasteiger partial charge on any atom is -0.497 e. The summed E-state index contributed by atoms with van der Waals surface area (Å²) in [7, 11) is 1.55. The summed E-state index contributed by atoms with van der Waals surface area (Å²) in [5.74, 6) is -3.01. The standard InChI is InChI=1S/C21H25N3O5/c1-3-23-20(27)14-15(21(23)28)17(18(22)25)24(19(26)12-5-4-6-12)16(14)11-7-9-13(29-2)10-8-11/h7-10,12,14-17H,3-6H2,1-2H3,(H2,22,25). The van der Waals surface area contributed by atoms with Gasteiger partial charge in [-0.25, -0.2) is 0 Å². The molecule has 4 unspecified atom stereocenters. The second kappa shape index (κ2) is 7.17.